The van der Waals surface area contributed by atoms with Gasteiger partial charge in [0.05, 0.1) is 0 Å². The molecule has 0 unspecified atom stereocenters. The van der Waals surface area contributed by atoms with Crippen LogP contribution in [0.2, 0.25) is 0 Å². The Hall–Kier alpha value is 0.676. The van der Waals surface area contributed by atoms with Crippen LogP contribution in [0.1, 0.15) is 0 Å². The van der Waals surface area contributed by atoms with Crippen LogP contribution in [-0.2, 0) is 0 Å². The molecule has 0 amide bonds. The molecular weight excluding hydrogens is 131 g/mol. The molecule has 0 aliphatic rings. The van der Waals surface area contributed by atoms with E-state index in [0.29, 0.717) is 0 Å². The monoisotopic (exact) mass is 137 g/mol. The summed E-state index contributed by atoms with van der Waals surface area (Å²) < 4.78 is 0. The van der Waals surface area contributed by atoms with Gasteiger partial charge in [0.1, 0.15) is 6.33 Å². The Bertz CT molecular complexity index is 86.0. The molecule has 1 heterocycles. The second-order valence-electron chi connectivity index (χ2n) is 0.904. The van der Waals surface area contributed by atoms with E-state index in [0.717, 1.165) is 0 Å². The second-order valence-corrected chi connectivity index (χ2v) is 0.904. The van der Waals surface area contributed by atoms with Crippen LogP contribution in [0.15, 0.2) is 24.8 Å². The molecule has 1 rings (SSSR count). The fraction of sp³-hybridized carbons (Fsp3) is 0. The maximum atomic E-state index is 3.67. The minimum absolute atomic E-state index is 0. The molecule has 1 aromatic heterocycles. The summed E-state index contributed by atoms with van der Waals surface area (Å²) in [5, 5.41) is 0. The standard InChI is InChI=1S/C4H4N2.K.H2O/c1-2-5-4-6-3-1;;/h1-4H;;1H2. The third kappa shape index (κ3) is 4.83. The first kappa shape index (κ1) is 11.5. The molecule has 1 aromatic rings. The topological polar surface area (TPSA) is 57.3 Å². The number of hydrogen-bond acceptors (Lipinski definition) is 2. The molecule has 0 aromatic carbocycles. The van der Waals surface area contributed by atoms with Crippen molar-refractivity contribution in [2.75, 3.05) is 0 Å². The molecule has 0 aliphatic carbocycles. The van der Waals surface area contributed by atoms with E-state index in [9.17, 15) is 0 Å². The first-order chi connectivity index (χ1) is 3.00. The Labute approximate surface area is 90.3 Å². The van der Waals surface area contributed by atoms with Crippen molar-refractivity contribution >= 4 is 51.4 Å². The maximum absolute atomic E-state index is 3.67. The zero-order chi connectivity index (χ0) is 4.24. The van der Waals surface area contributed by atoms with E-state index in [1.165, 1.54) is 6.33 Å². The van der Waals surface area contributed by atoms with E-state index in [1.807, 2.05) is 0 Å². The largest absolute Gasteiger partial charge is 0.412 e. The van der Waals surface area contributed by atoms with Crippen LogP contribution < -0.4 is 0 Å². The number of nitrogens with zero attached hydrogens (tertiary/aromatic N) is 2. The van der Waals surface area contributed by atoms with Crippen LogP contribution in [0.5, 0.6) is 0 Å². The van der Waals surface area contributed by atoms with Crippen molar-refractivity contribution in [3.05, 3.63) is 24.8 Å². The molecule has 3 nitrogen and oxygen atoms in total. The van der Waals surface area contributed by atoms with Gasteiger partial charge >= 0.3 is 0 Å². The molecule has 0 bridgehead atoms. The Morgan fingerprint density at radius 1 is 1.00 bits per heavy atom. The fourth-order valence-electron chi connectivity index (χ4n) is 0.253. The fourth-order valence-corrected chi connectivity index (χ4v) is 0.253. The predicted octanol–water partition coefficient (Wildman–Crippen LogP) is -0.729. The van der Waals surface area contributed by atoms with E-state index in [1.54, 1.807) is 18.5 Å². The summed E-state index contributed by atoms with van der Waals surface area (Å²) in [5.41, 5.74) is 0. The maximum Gasteiger partial charge on any atom is 0.115 e. The van der Waals surface area contributed by atoms with Crippen molar-refractivity contribution < 1.29 is 5.48 Å². The van der Waals surface area contributed by atoms with Crippen LogP contribution in [0.25, 0.3) is 0 Å². The van der Waals surface area contributed by atoms with E-state index < -0.39 is 0 Å². The molecule has 0 spiro atoms. The van der Waals surface area contributed by atoms with Gasteiger partial charge in [-0.3, -0.25) is 0 Å². The summed E-state index contributed by atoms with van der Waals surface area (Å²) in [6.45, 7) is 0. The molecule has 0 saturated carbocycles. The average Bonchev–Trinajstić information content (AvgIpc) is 1.72. The van der Waals surface area contributed by atoms with Crippen molar-refractivity contribution in [1.29, 1.82) is 0 Å². The third-order valence-corrected chi connectivity index (χ3v) is 0.478. The Balaban J connectivity index is 0. The molecule has 2 N–H and O–H groups in total. The van der Waals surface area contributed by atoms with Crippen LogP contribution in [-0.4, -0.2) is 66.8 Å². The molecular formula is C4H6KN2O. The quantitative estimate of drug-likeness (QED) is 0.443. The number of aromatic nitrogens is 2. The minimum Gasteiger partial charge on any atom is -0.412 e. The third-order valence-electron chi connectivity index (χ3n) is 0.478. The summed E-state index contributed by atoms with van der Waals surface area (Å²) in [6.07, 6.45) is 4.88. The van der Waals surface area contributed by atoms with Gasteiger partial charge in [-0.25, -0.2) is 9.97 Å². The van der Waals surface area contributed by atoms with Crippen molar-refractivity contribution in [3.63, 3.8) is 0 Å². The number of rotatable bonds is 0. The van der Waals surface area contributed by atoms with Crippen molar-refractivity contribution in [2.45, 2.75) is 0 Å². The first-order valence-corrected chi connectivity index (χ1v) is 1.70. The molecule has 1 radical (unpaired) electrons. The predicted molar refractivity (Wildman–Crippen MR) is 31.4 cm³/mol. The SMILES string of the molecule is O.[K].c1cncnc1. The molecule has 0 atom stereocenters. The van der Waals surface area contributed by atoms with Gasteiger partial charge in [-0.15, -0.1) is 0 Å². The van der Waals surface area contributed by atoms with Crippen molar-refractivity contribution in [1.82, 2.24) is 9.97 Å². The van der Waals surface area contributed by atoms with Gasteiger partial charge in [-0.05, 0) is 6.07 Å². The molecule has 0 fully saturated rings. The summed E-state index contributed by atoms with van der Waals surface area (Å²) in [6, 6.07) is 1.78. The van der Waals surface area contributed by atoms with Crippen LogP contribution in [0.3, 0.4) is 0 Å². The van der Waals surface area contributed by atoms with Gasteiger partial charge in [0.2, 0.25) is 0 Å². The van der Waals surface area contributed by atoms with Crippen LogP contribution in [0.4, 0.5) is 0 Å². The van der Waals surface area contributed by atoms with Gasteiger partial charge in [0, 0.05) is 63.8 Å². The van der Waals surface area contributed by atoms with Gasteiger partial charge in [-0.2, -0.15) is 0 Å². The molecule has 0 saturated heterocycles. The smallest absolute Gasteiger partial charge is 0.115 e. The van der Waals surface area contributed by atoms with E-state index in [2.05, 4.69) is 9.97 Å². The van der Waals surface area contributed by atoms with E-state index in [4.69, 9.17) is 0 Å². The van der Waals surface area contributed by atoms with Gasteiger partial charge in [0.15, 0.2) is 0 Å². The molecule has 39 valence electrons. The normalized spacial score (nSPS) is 6.00. The summed E-state index contributed by atoms with van der Waals surface area (Å²) in [7, 11) is 0. The Morgan fingerprint density at radius 2 is 1.50 bits per heavy atom. The number of hydrogen-bond donors (Lipinski definition) is 0. The summed E-state index contributed by atoms with van der Waals surface area (Å²) in [4.78, 5) is 7.35. The molecule has 8 heavy (non-hydrogen) atoms. The molecule has 4 heteroatoms. The first-order valence-electron chi connectivity index (χ1n) is 1.70. The Morgan fingerprint density at radius 3 is 1.62 bits per heavy atom. The minimum atomic E-state index is 0. The van der Waals surface area contributed by atoms with Crippen molar-refractivity contribution in [3.8, 4) is 0 Å². The molecule has 0 aliphatic heterocycles. The van der Waals surface area contributed by atoms with E-state index >= 15 is 0 Å². The zero-order valence-electron chi connectivity index (χ0n) is 4.70. The average molecular weight is 137 g/mol. The van der Waals surface area contributed by atoms with Gasteiger partial charge < -0.3 is 5.48 Å². The summed E-state index contributed by atoms with van der Waals surface area (Å²) in [5.74, 6) is 0. The Kier molecular flexibility index (Phi) is 11.0. The van der Waals surface area contributed by atoms with Crippen LogP contribution in [0, 0.1) is 0 Å². The zero-order valence-corrected chi connectivity index (χ0v) is 7.83. The van der Waals surface area contributed by atoms with E-state index in [-0.39, 0.29) is 56.9 Å². The second kappa shape index (κ2) is 7.68. The van der Waals surface area contributed by atoms with Gasteiger partial charge in [0.25, 0.3) is 0 Å². The van der Waals surface area contributed by atoms with Crippen LogP contribution >= 0.6 is 0 Å². The van der Waals surface area contributed by atoms with Crippen molar-refractivity contribution in [2.24, 2.45) is 0 Å². The summed E-state index contributed by atoms with van der Waals surface area (Å²) >= 11 is 0. The van der Waals surface area contributed by atoms with Gasteiger partial charge in [-0.1, -0.05) is 0 Å².